The lowest BCUT2D eigenvalue weighted by Crippen LogP contribution is -2.46. The molecule has 148 valence electrons. The van der Waals surface area contributed by atoms with Crippen LogP contribution in [0.25, 0.3) is 0 Å². The van der Waals surface area contributed by atoms with Crippen LogP contribution in [-0.4, -0.2) is 37.0 Å². The van der Waals surface area contributed by atoms with Gasteiger partial charge >= 0.3 is 6.03 Å². The maximum absolute atomic E-state index is 12.7. The predicted molar refractivity (Wildman–Crippen MR) is 111 cm³/mol. The van der Waals surface area contributed by atoms with E-state index >= 15 is 0 Å². The normalized spacial score (nSPS) is 10.7. The van der Waals surface area contributed by atoms with Crippen molar-refractivity contribution in [1.82, 2.24) is 10.6 Å². The number of carbonyl (C=O) groups excluding carboxylic acids is 3. The van der Waals surface area contributed by atoms with Crippen molar-refractivity contribution in [3.63, 3.8) is 0 Å². The maximum Gasteiger partial charge on any atom is 0.319 e. The monoisotopic (exact) mass is 382 g/mol. The van der Waals surface area contributed by atoms with E-state index in [1.807, 2.05) is 51.1 Å². The topological polar surface area (TPSA) is 90.5 Å². The first-order valence-electron chi connectivity index (χ1n) is 8.95. The highest BCUT2D eigenvalue weighted by Crippen LogP contribution is 2.17. The Balaban J connectivity index is 1.96. The van der Waals surface area contributed by atoms with E-state index in [0.717, 1.165) is 5.69 Å². The van der Waals surface area contributed by atoms with Crippen molar-refractivity contribution in [2.45, 2.75) is 26.3 Å². The summed E-state index contributed by atoms with van der Waals surface area (Å²) in [5.41, 5.74) is 1.30. The summed E-state index contributed by atoms with van der Waals surface area (Å²) in [5, 5.41) is 7.89. The molecule has 0 bridgehead atoms. The van der Waals surface area contributed by atoms with Gasteiger partial charge in [-0.3, -0.25) is 9.59 Å². The van der Waals surface area contributed by atoms with Crippen LogP contribution in [0.15, 0.2) is 54.6 Å². The number of hydrogen-bond donors (Lipinski definition) is 3. The second kappa shape index (κ2) is 9.03. The van der Waals surface area contributed by atoms with Crippen LogP contribution in [0.3, 0.4) is 0 Å². The van der Waals surface area contributed by atoms with Crippen molar-refractivity contribution in [3.8, 4) is 0 Å². The van der Waals surface area contributed by atoms with E-state index in [0.29, 0.717) is 11.3 Å². The third-order valence-corrected chi connectivity index (χ3v) is 3.74. The van der Waals surface area contributed by atoms with Crippen LogP contribution >= 0.6 is 0 Å². The zero-order chi connectivity index (χ0) is 20.7. The Morgan fingerprint density at radius 1 is 0.964 bits per heavy atom. The molecule has 2 aromatic carbocycles. The first-order chi connectivity index (χ1) is 13.2. The van der Waals surface area contributed by atoms with Crippen LogP contribution in [0.4, 0.5) is 16.2 Å². The lowest BCUT2D eigenvalue weighted by atomic mass is 10.1. The van der Waals surface area contributed by atoms with Gasteiger partial charge in [0.1, 0.15) is 0 Å². The van der Waals surface area contributed by atoms with Crippen molar-refractivity contribution in [2.24, 2.45) is 0 Å². The molecule has 2 rings (SSSR count). The highest BCUT2D eigenvalue weighted by molar-refractivity contribution is 6.06. The minimum absolute atomic E-state index is 0.140. The van der Waals surface area contributed by atoms with E-state index in [9.17, 15) is 14.4 Å². The number of urea groups is 1. The summed E-state index contributed by atoms with van der Waals surface area (Å²) in [6.07, 6.45) is 0. The molecule has 0 aliphatic rings. The van der Waals surface area contributed by atoms with E-state index in [2.05, 4.69) is 16.0 Å². The van der Waals surface area contributed by atoms with E-state index in [-0.39, 0.29) is 23.9 Å². The zero-order valence-electron chi connectivity index (χ0n) is 16.6. The first-order valence-corrected chi connectivity index (χ1v) is 8.95. The molecule has 7 heteroatoms. The van der Waals surface area contributed by atoms with Crippen molar-refractivity contribution in [3.05, 3.63) is 60.2 Å². The molecule has 0 heterocycles. The van der Waals surface area contributed by atoms with Gasteiger partial charge < -0.3 is 20.9 Å². The quantitative estimate of drug-likeness (QED) is 0.742. The Morgan fingerprint density at radius 2 is 1.64 bits per heavy atom. The van der Waals surface area contributed by atoms with Crippen LogP contribution in [0.1, 0.15) is 31.1 Å². The Bertz CT molecular complexity index is 844. The van der Waals surface area contributed by atoms with E-state index < -0.39 is 6.03 Å². The van der Waals surface area contributed by atoms with Crippen LogP contribution in [-0.2, 0) is 4.79 Å². The fourth-order valence-electron chi connectivity index (χ4n) is 2.49. The predicted octanol–water partition coefficient (Wildman–Crippen LogP) is 3.00. The molecule has 0 saturated carbocycles. The standard InChI is InChI=1S/C21H26N4O3/c1-21(2,3)24-18(26)14-22-20(28)23-16-10-8-9-15(13-16)19(27)25(4)17-11-6-5-7-12-17/h5-13H,14H2,1-4H3,(H,24,26)(H2,22,23,28). The number of benzene rings is 2. The first kappa shape index (κ1) is 21.0. The highest BCUT2D eigenvalue weighted by atomic mass is 16.2. The van der Waals surface area contributed by atoms with E-state index in [4.69, 9.17) is 0 Å². The highest BCUT2D eigenvalue weighted by Gasteiger charge is 2.16. The molecule has 4 amide bonds. The van der Waals surface area contributed by atoms with Gasteiger partial charge in [-0.1, -0.05) is 24.3 Å². The van der Waals surface area contributed by atoms with Gasteiger partial charge in [0, 0.05) is 29.5 Å². The van der Waals surface area contributed by atoms with Gasteiger partial charge in [0.05, 0.1) is 6.54 Å². The number of nitrogens with one attached hydrogen (secondary N) is 3. The molecule has 0 atom stereocenters. The van der Waals surface area contributed by atoms with Crippen molar-refractivity contribution in [2.75, 3.05) is 23.8 Å². The smallest absolute Gasteiger partial charge is 0.319 e. The number of carbonyl (C=O) groups is 3. The lowest BCUT2D eigenvalue weighted by molar-refractivity contribution is -0.121. The number of para-hydroxylation sites is 1. The Labute approximate surface area is 165 Å². The van der Waals surface area contributed by atoms with Crippen LogP contribution in [0.5, 0.6) is 0 Å². The maximum atomic E-state index is 12.7. The van der Waals surface area contributed by atoms with Crippen molar-refractivity contribution >= 4 is 29.2 Å². The molecule has 0 saturated heterocycles. The molecule has 3 N–H and O–H groups in total. The number of nitrogens with zero attached hydrogens (tertiary/aromatic N) is 1. The third kappa shape index (κ3) is 6.42. The van der Waals surface area contributed by atoms with Crippen LogP contribution < -0.4 is 20.9 Å². The Morgan fingerprint density at radius 3 is 2.29 bits per heavy atom. The summed E-state index contributed by atoms with van der Waals surface area (Å²) in [5.74, 6) is -0.476. The van der Waals surface area contributed by atoms with Crippen molar-refractivity contribution < 1.29 is 14.4 Å². The molecular weight excluding hydrogens is 356 g/mol. The minimum atomic E-state index is -0.523. The average Bonchev–Trinajstić information content (AvgIpc) is 2.65. The molecule has 2 aromatic rings. The molecular formula is C21H26N4O3. The molecule has 0 aromatic heterocycles. The molecule has 0 aliphatic heterocycles. The number of amides is 4. The summed E-state index contributed by atoms with van der Waals surface area (Å²) >= 11 is 0. The SMILES string of the molecule is CN(C(=O)c1cccc(NC(=O)NCC(=O)NC(C)(C)C)c1)c1ccccc1. The van der Waals surface area contributed by atoms with Gasteiger partial charge in [0.2, 0.25) is 5.91 Å². The molecule has 0 unspecified atom stereocenters. The molecule has 28 heavy (non-hydrogen) atoms. The van der Waals surface area contributed by atoms with Gasteiger partial charge in [0.15, 0.2) is 0 Å². The zero-order valence-corrected chi connectivity index (χ0v) is 16.6. The number of anilines is 2. The van der Waals surface area contributed by atoms with E-state index in [1.54, 1.807) is 31.3 Å². The van der Waals surface area contributed by atoms with Gasteiger partial charge in [-0.15, -0.1) is 0 Å². The average molecular weight is 382 g/mol. The summed E-state index contributed by atoms with van der Waals surface area (Å²) in [7, 11) is 1.69. The summed E-state index contributed by atoms with van der Waals surface area (Å²) < 4.78 is 0. The van der Waals surface area contributed by atoms with E-state index in [1.165, 1.54) is 4.90 Å². The number of hydrogen-bond acceptors (Lipinski definition) is 3. The van der Waals surface area contributed by atoms with Gasteiger partial charge in [0.25, 0.3) is 5.91 Å². The summed E-state index contributed by atoms with van der Waals surface area (Å²) in [6.45, 7) is 5.44. The molecule has 0 spiro atoms. The Kier molecular flexibility index (Phi) is 6.76. The van der Waals surface area contributed by atoms with Crippen molar-refractivity contribution in [1.29, 1.82) is 0 Å². The third-order valence-electron chi connectivity index (χ3n) is 3.74. The second-order valence-electron chi connectivity index (χ2n) is 7.39. The molecule has 0 aliphatic carbocycles. The summed E-state index contributed by atoms with van der Waals surface area (Å²) in [4.78, 5) is 38.0. The van der Waals surface area contributed by atoms with Gasteiger partial charge in [-0.25, -0.2) is 4.79 Å². The largest absolute Gasteiger partial charge is 0.350 e. The molecule has 0 radical (unpaired) electrons. The minimum Gasteiger partial charge on any atom is -0.350 e. The summed E-state index contributed by atoms with van der Waals surface area (Å²) in [6, 6.07) is 15.4. The van der Waals surface area contributed by atoms with Gasteiger partial charge in [-0.05, 0) is 51.1 Å². The van der Waals surface area contributed by atoms with Crippen LogP contribution in [0.2, 0.25) is 0 Å². The number of rotatable bonds is 5. The Hall–Kier alpha value is -3.35. The lowest BCUT2D eigenvalue weighted by Gasteiger charge is -2.20. The van der Waals surface area contributed by atoms with Crippen LogP contribution in [0, 0.1) is 0 Å². The molecule has 7 nitrogen and oxygen atoms in total. The fourth-order valence-corrected chi connectivity index (χ4v) is 2.49. The molecule has 0 fully saturated rings. The fraction of sp³-hybridized carbons (Fsp3) is 0.286. The van der Waals surface area contributed by atoms with Gasteiger partial charge in [-0.2, -0.15) is 0 Å². The second-order valence-corrected chi connectivity index (χ2v) is 7.39.